The van der Waals surface area contributed by atoms with Crippen molar-refractivity contribution in [3.8, 4) is 0 Å². The van der Waals surface area contributed by atoms with E-state index in [-0.39, 0.29) is 0 Å². The highest BCUT2D eigenvalue weighted by Gasteiger charge is 2.15. The molecule has 0 aliphatic carbocycles. The monoisotopic (exact) mass is 270 g/mol. The summed E-state index contributed by atoms with van der Waals surface area (Å²) in [5.74, 6) is 0.322. The van der Waals surface area contributed by atoms with E-state index in [1.807, 2.05) is 18.2 Å². The molecule has 2 rings (SSSR count). The van der Waals surface area contributed by atoms with E-state index in [0.717, 1.165) is 9.99 Å². The molecule has 5 heteroatoms. The van der Waals surface area contributed by atoms with Gasteiger partial charge in [-0.05, 0) is 41.0 Å². The molecule has 0 aliphatic rings. The van der Waals surface area contributed by atoms with Crippen LogP contribution in [0.25, 0.3) is 11.1 Å². The number of hydrogen-bond acceptors (Lipinski definition) is 4. The number of aliphatic hydroxyl groups is 1. The summed E-state index contributed by atoms with van der Waals surface area (Å²) in [6.07, 6.45) is -0.279. The van der Waals surface area contributed by atoms with Crippen LogP contribution >= 0.6 is 15.9 Å². The molecule has 1 aromatic heterocycles. The zero-order valence-corrected chi connectivity index (χ0v) is 9.57. The average Bonchev–Trinajstić information content (AvgIpc) is 2.63. The summed E-state index contributed by atoms with van der Waals surface area (Å²) in [4.78, 5) is 4.19. The molecule has 0 saturated heterocycles. The first-order valence-corrected chi connectivity index (χ1v) is 5.44. The fourth-order valence-corrected chi connectivity index (χ4v) is 1.79. The van der Waals surface area contributed by atoms with E-state index in [9.17, 15) is 5.11 Å². The van der Waals surface area contributed by atoms with E-state index >= 15 is 0 Å². The summed E-state index contributed by atoms with van der Waals surface area (Å²) in [5.41, 5.74) is 6.74. The van der Waals surface area contributed by atoms with Gasteiger partial charge in [-0.25, -0.2) is 4.98 Å². The molecule has 0 aliphatic heterocycles. The highest BCUT2D eigenvalue weighted by atomic mass is 79.9. The average molecular weight is 271 g/mol. The minimum atomic E-state index is -0.728. The Morgan fingerprint density at radius 3 is 3.00 bits per heavy atom. The number of oxazole rings is 1. The number of hydrogen-bond donors (Lipinski definition) is 2. The summed E-state index contributed by atoms with van der Waals surface area (Å²) >= 11 is 3.36. The van der Waals surface area contributed by atoms with Gasteiger partial charge in [0, 0.05) is 0 Å². The number of para-hydroxylation sites is 1. The molecule has 2 aromatic rings. The molecular formula is C10H11BrN2O2. The van der Waals surface area contributed by atoms with E-state index in [2.05, 4.69) is 20.9 Å². The van der Waals surface area contributed by atoms with E-state index in [1.54, 1.807) is 0 Å². The van der Waals surface area contributed by atoms with E-state index in [1.165, 1.54) is 0 Å². The SMILES string of the molecule is NCCC(O)c1nc2cccc(Br)c2o1. The maximum Gasteiger partial charge on any atom is 0.224 e. The number of nitrogens with two attached hydrogens (primary N) is 1. The smallest absolute Gasteiger partial charge is 0.224 e. The standard InChI is InChI=1S/C10H11BrN2O2/c11-6-2-1-3-7-9(6)15-10(13-7)8(14)4-5-12/h1-3,8,14H,4-5,12H2. The minimum Gasteiger partial charge on any atom is -0.437 e. The third kappa shape index (κ3) is 2.04. The van der Waals surface area contributed by atoms with Crippen molar-refractivity contribution >= 4 is 27.0 Å². The van der Waals surface area contributed by atoms with Gasteiger partial charge in [0.25, 0.3) is 0 Å². The zero-order chi connectivity index (χ0) is 10.8. The molecule has 80 valence electrons. The number of aromatic nitrogens is 1. The van der Waals surface area contributed by atoms with Crippen LogP contribution < -0.4 is 5.73 Å². The number of halogens is 1. The maximum absolute atomic E-state index is 9.66. The normalized spacial score (nSPS) is 13.3. The number of aliphatic hydroxyl groups excluding tert-OH is 1. The van der Waals surface area contributed by atoms with Crippen molar-refractivity contribution in [1.82, 2.24) is 4.98 Å². The topological polar surface area (TPSA) is 72.3 Å². The molecule has 1 heterocycles. The molecule has 0 spiro atoms. The molecule has 1 unspecified atom stereocenters. The van der Waals surface area contributed by atoms with Gasteiger partial charge >= 0.3 is 0 Å². The van der Waals surface area contributed by atoms with Crippen LogP contribution in [-0.4, -0.2) is 16.6 Å². The largest absolute Gasteiger partial charge is 0.437 e. The molecule has 0 saturated carbocycles. The van der Waals surface area contributed by atoms with Gasteiger partial charge in [0.1, 0.15) is 11.6 Å². The predicted octanol–water partition coefficient (Wildman–Crippen LogP) is 1.97. The fraction of sp³-hybridized carbons (Fsp3) is 0.300. The Hall–Kier alpha value is -0.910. The summed E-state index contributed by atoms with van der Waals surface area (Å²) in [6.45, 7) is 0.404. The molecular weight excluding hydrogens is 260 g/mol. The van der Waals surface area contributed by atoms with E-state index in [4.69, 9.17) is 10.2 Å². The Bertz CT molecular complexity index is 469. The highest BCUT2D eigenvalue weighted by molar-refractivity contribution is 9.10. The van der Waals surface area contributed by atoms with Gasteiger partial charge < -0.3 is 15.3 Å². The molecule has 0 fully saturated rings. The molecule has 15 heavy (non-hydrogen) atoms. The lowest BCUT2D eigenvalue weighted by Crippen LogP contribution is -2.06. The molecule has 4 nitrogen and oxygen atoms in total. The second-order valence-corrected chi connectivity index (χ2v) is 4.09. The first kappa shape index (κ1) is 10.6. The van der Waals surface area contributed by atoms with Crippen LogP contribution in [0.15, 0.2) is 27.1 Å². The van der Waals surface area contributed by atoms with Crippen molar-refractivity contribution in [2.75, 3.05) is 6.54 Å². The summed E-state index contributed by atoms with van der Waals surface area (Å²) in [5, 5.41) is 9.66. The molecule has 1 aromatic carbocycles. The fourth-order valence-electron chi connectivity index (χ4n) is 1.36. The van der Waals surface area contributed by atoms with Crippen LogP contribution in [0.5, 0.6) is 0 Å². The van der Waals surface area contributed by atoms with Crippen LogP contribution in [0.2, 0.25) is 0 Å². The van der Waals surface area contributed by atoms with Crippen molar-refractivity contribution < 1.29 is 9.52 Å². The van der Waals surface area contributed by atoms with Crippen molar-refractivity contribution in [3.05, 3.63) is 28.6 Å². The van der Waals surface area contributed by atoms with Gasteiger partial charge in [0.2, 0.25) is 5.89 Å². The molecule has 0 bridgehead atoms. The van der Waals surface area contributed by atoms with E-state index < -0.39 is 6.10 Å². The van der Waals surface area contributed by atoms with Crippen molar-refractivity contribution in [1.29, 1.82) is 0 Å². The Labute approximate surface area is 95.2 Å². The van der Waals surface area contributed by atoms with Gasteiger partial charge in [-0.1, -0.05) is 6.07 Å². The number of benzene rings is 1. The first-order valence-electron chi connectivity index (χ1n) is 4.65. The Morgan fingerprint density at radius 2 is 2.33 bits per heavy atom. The quantitative estimate of drug-likeness (QED) is 0.895. The Kier molecular flexibility index (Phi) is 3.04. The number of nitrogens with zero attached hydrogens (tertiary/aromatic N) is 1. The predicted molar refractivity (Wildman–Crippen MR) is 60.3 cm³/mol. The van der Waals surface area contributed by atoms with Gasteiger partial charge in [0.05, 0.1) is 4.47 Å². The second kappa shape index (κ2) is 4.30. The highest BCUT2D eigenvalue weighted by Crippen LogP contribution is 2.27. The first-order chi connectivity index (χ1) is 7.22. The van der Waals surface area contributed by atoms with Gasteiger partial charge in [-0.3, -0.25) is 0 Å². The minimum absolute atomic E-state index is 0.322. The third-order valence-electron chi connectivity index (χ3n) is 2.11. The van der Waals surface area contributed by atoms with Crippen molar-refractivity contribution in [2.24, 2.45) is 5.73 Å². The zero-order valence-electron chi connectivity index (χ0n) is 7.98. The molecule has 3 N–H and O–H groups in total. The maximum atomic E-state index is 9.66. The van der Waals surface area contributed by atoms with Crippen LogP contribution in [0, 0.1) is 0 Å². The van der Waals surface area contributed by atoms with Gasteiger partial charge in [-0.15, -0.1) is 0 Å². The van der Waals surface area contributed by atoms with E-state index in [0.29, 0.717) is 24.4 Å². The summed E-state index contributed by atoms with van der Waals surface area (Å²) in [6, 6.07) is 5.57. The number of rotatable bonds is 3. The summed E-state index contributed by atoms with van der Waals surface area (Å²) in [7, 11) is 0. The van der Waals surface area contributed by atoms with Gasteiger partial charge in [0.15, 0.2) is 5.58 Å². The van der Waals surface area contributed by atoms with Crippen molar-refractivity contribution in [3.63, 3.8) is 0 Å². The molecule has 0 radical (unpaired) electrons. The lowest BCUT2D eigenvalue weighted by molar-refractivity contribution is 0.139. The van der Waals surface area contributed by atoms with Crippen LogP contribution in [0.3, 0.4) is 0 Å². The molecule has 1 atom stereocenters. The Balaban J connectivity index is 2.43. The van der Waals surface area contributed by atoms with Crippen LogP contribution in [-0.2, 0) is 0 Å². The van der Waals surface area contributed by atoms with Crippen LogP contribution in [0.1, 0.15) is 18.4 Å². The van der Waals surface area contributed by atoms with Crippen molar-refractivity contribution in [2.45, 2.75) is 12.5 Å². The number of fused-ring (bicyclic) bond motifs is 1. The van der Waals surface area contributed by atoms with Gasteiger partial charge in [-0.2, -0.15) is 0 Å². The van der Waals surface area contributed by atoms with Crippen LogP contribution in [0.4, 0.5) is 0 Å². The lowest BCUT2D eigenvalue weighted by Gasteiger charge is -2.02. The summed E-state index contributed by atoms with van der Waals surface area (Å²) < 4.78 is 6.28. The molecule has 0 amide bonds. The third-order valence-corrected chi connectivity index (χ3v) is 2.73. The second-order valence-electron chi connectivity index (χ2n) is 3.23. The lowest BCUT2D eigenvalue weighted by atomic mass is 10.2. The Morgan fingerprint density at radius 1 is 1.53 bits per heavy atom.